The molecule has 1 saturated carbocycles. The second-order valence-corrected chi connectivity index (χ2v) is 8.82. The van der Waals surface area contributed by atoms with Gasteiger partial charge in [-0.1, -0.05) is 24.3 Å². The third-order valence-electron chi connectivity index (χ3n) is 5.46. The number of ether oxygens (including phenoxy) is 1. The third-order valence-corrected chi connectivity index (χ3v) is 7.38. The van der Waals surface area contributed by atoms with E-state index in [4.69, 9.17) is 4.74 Å². The summed E-state index contributed by atoms with van der Waals surface area (Å²) in [6, 6.07) is 7.86. The maximum absolute atomic E-state index is 12.6. The Bertz CT molecular complexity index is 708. The maximum atomic E-state index is 12.6. The summed E-state index contributed by atoms with van der Waals surface area (Å²) in [5.41, 5.74) is 1.13. The lowest BCUT2D eigenvalue weighted by atomic mass is 9.71. The van der Waals surface area contributed by atoms with Crippen molar-refractivity contribution in [1.29, 1.82) is 0 Å². The van der Waals surface area contributed by atoms with Gasteiger partial charge in [0.2, 0.25) is 10.0 Å². The molecule has 130 valence electrons. The van der Waals surface area contributed by atoms with E-state index in [0.29, 0.717) is 43.2 Å². The van der Waals surface area contributed by atoms with Crippen LogP contribution in [0.15, 0.2) is 41.3 Å². The van der Waals surface area contributed by atoms with E-state index in [0.717, 1.165) is 18.0 Å². The summed E-state index contributed by atoms with van der Waals surface area (Å²) in [6.07, 6.45) is 7.12. The first-order valence-corrected chi connectivity index (χ1v) is 10.2. The second-order valence-electron chi connectivity index (χ2n) is 6.88. The van der Waals surface area contributed by atoms with Crippen molar-refractivity contribution in [3.05, 3.63) is 42.0 Å². The van der Waals surface area contributed by atoms with E-state index < -0.39 is 10.0 Å². The SMILES string of the molecule is O=S(=O)(c1ccc(CNC2CC3CC=CC32)cc1)N1CCOCC1. The summed E-state index contributed by atoms with van der Waals surface area (Å²) in [5.74, 6) is 1.55. The molecule has 3 atom stereocenters. The number of benzene rings is 1. The Hall–Kier alpha value is -1.21. The number of allylic oxidation sites excluding steroid dienone is 1. The first-order valence-electron chi connectivity index (χ1n) is 8.71. The van der Waals surface area contributed by atoms with Gasteiger partial charge in [0.25, 0.3) is 0 Å². The predicted molar refractivity (Wildman–Crippen MR) is 92.0 cm³/mol. The van der Waals surface area contributed by atoms with Crippen LogP contribution in [0.3, 0.4) is 0 Å². The molecule has 0 radical (unpaired) electrons. The van der Waals surface area contributed by atoms with Crippen LogP contribution in [0.2, 0.25) is 0 Å². The highest BCUT2D eigenvalue weighted by Gasteiger charge is 2.40. The molecular formula is C18H24N2O3S. The van der Waals surface area contributed by atoms with Crippen molar-refractivity contribution in [3.63, 3.8) is 0 Å². The molecule has 2 fully saturated rings. The largest absolute Gasteiger partial charge is 0.379 e. The van der Waals surface area contributed by atoms with Gasteiger partial charge in [0.1, 0.15) is 0 Å². The summed E-state index contributed by atoms with van der Waals surface area (Å²) in [6.45, 7) is 2.60. The zero-order valence-corrected chi connectivity index (χ0v) is 14.5. The van der Waals surface area contributed by atoms with Gasteiger partial charge in [-0.2, -0.15) is 4.31 Å². The molecule has 5 nitrogen and oxygen atoms in total. The Kier molecular flexibility index (Phi) is 4.47. The van der Waals surface area contributed by atoms with Gasteiger partial charge < -0.3 is 10.1 Å². The molecule has 3 aliphatic rings. The van der Waals surface area contributed by atoms with Crippen LogP contribution in [0.5, 0.6) is 0 Å². The second kappa shape index (κ2) is 6.59. The molecule has 1 N–H and O–H groups in total. The molecule has 1 aliphatic heterocycles. The van der Waals surface area contributed by atoms with Crippen molar-refractivity contribution in [2.45, 2.75) is 30.3 Å². The minimum absolute atomic E-state index is 0.371. The molecule has 0 aromatic heterocycles. The highest BCUT2D eigenvalue weighted by Crippen LogP contribution is 2.42. The van der Waals surface area contributed by atoms with Crippen molar-refractivity contribution in [2.75, 3.05) is 26.3 Å². The molecule has 1 aromatic rings. The fourth-order valence-electron chi connectivity index (χ4n) is 3.91. The number of nitrogens with zero attached hydrogens (tertiary/aromatic N) is 1. The molecule has 6 heteroatoms. The smallest absolute Gasteiger partial charge is 0.243 e. The van der Waals surface area contributed by atoms with Gasteiger partial charge in [0.05, 0.1) is 18.1 Å². The monoisotopic (exact) mass is 348 g/mol. The molecule has 4 rings (SSSR count). The van der Waals surface area contributed by atoms with E-state index in [1.807, 2.05) is 12.1 Å². The molecule has 1 heterocycles. The van der Waals surface area contributed by atoms with Gasteiger partial charge in [-0.05, 0) is 42.4 Å². The highest BCUT2D eigenvalue weighted by molar-refractivity contribution is 7.89. The zero-order valence-electron chi connectivity index (χ0n) is 13.7. The van der Waals surface area contributed by atoms with Crippen LogP contribution < -0.4 is 5.32 Å². The number of hydrogen-bond donors (Lipinski definition) is 1. The van der Waals surface area contributed by atoms with E-state index in [-0.39, 0.29) is 0 Å². The van der Waals surface area contributed by atoms with Crippen LogP contribution >= 0.6 is 0 Å². The molecule has 1 aromatic carbocycles. The lowest BCUT2D eigenvalue weighted by molar-refractivity contribution is 0.0730. The number of morpholine rings is 1. The molecule has 3 unspecified atom stereocenters. The summed E-state index contributed by atoms with van der Waals surface area (Å²) < 4.78 is 31.9. The van der Waals surface area contributed by atoms with Gasteiger partial charge in [-0.15, -0.1) is 0 Å². The van der Waals surface area contributed by atoms with Crippen molar-refractivity contribution in [2.24, 2.45) is 11.8 Å². The summed E-state index contributed by atoms with van der Waals surface area (Å²) >= 11 is 0. The molecule has 2 aliphatic carbocycles. The first kappa shape index (κ1) is 16.3. The standard InChI is InChI=1S/C18H24N2O3S/c21-24(22,20-8-10-23-11-9-20)16-6-4-14(5-7-16)13-19-18-12-15-2-1-3-17(15)18/h1,3-7,15,17-19H,2,8-13H2. The number of hydrogen-bond acceptors (Lipinski definition) is 4. The topological polar surface area (TPSA) is 58.6 Å². The Morgan fingerprint density at radius 2 is 1.92 bits per heavy atom. The number of nitrogens with one attached hydrogen (secondary N) is 1. The van der Waals surface area contributed by atoms with Gasteiger partial charge in [0, 0.05) is 25.7 Å². The Labute approximate surface area is 143 Å². The molecule has 0 spiro atoms. The Morgan fingerprint density at radius 3 is 2.62 bits per heavy atom. The van der Waals surface area contributed by atoms with E-state index in [1.165, 1.54) is 17.1 Å². The fraction of sp³-hybridized carbons (Fsp3) is 0.556. The van der Waals surface area contributed by atoms with Crippen molar-refractivity contribution in [1.82, 2.24) is 9.62 Å². The quantitative estimate of drug-likeness (QED) is 0.824. The highest BCUT2D eigenvalue weighted by atomic mass is 32.2. The van der Waals surface area contributed by atoms with Crippen LogP contribution in [-0.2, 0) is 21.3 Å². The predicted octanol–water partition coefficient (Wildman–Crippen LogP) is 1.76. The zero-order chi connectivity index (χ0) is 16.6. The lowest BCUT2D eigenvalue weighted by Crippen LogP contribution is -2.47. The van der Waals surface area contributed by atoms with Crippen LogP contribution in [0.4, 0.5) is 0 Å². The normalized spacial score (nSPS) is 30.1. The van der Waals surface area contributed by atoms with Crippen molar-refractivity contribution in [3.8, 4) is 0 Å². The lowest BCUT2D eigenvalue weighted by Gasteiger charge is -2.40. The van der Waals surface area contributed by atoms with Gasteiger partial charge in [-0.3, -0.25) is 0 Å². The van der Waals surface area contributed by atoms with Crippen LogP contribution in [0, 0.1) is 11.8 Å². The molecule has 24 heavy (non-hydrogen) atoms. The van der Waals surface area contributed by atoms with Crippen molar-refractivity contribution >= 4 is 10.0 Å². The summed E-state index contributed by atoms with van der Waals surface area (Å²) in [4.78, 5) is 0.371. The Balaban J connectivity index is 1.36. The number of fused-ring (bicyclic) bond motifs is 1. The summed E-state index contributed by atoms with van der Waals surface area (Å²) in [5, 5.41) is 3.60. The first-order chi connectivity index (χ1) is 11.6. The maximum Gasteiger partial charge on any atom is 0.243 e. The van der Waals surface area contributed by atoms with Crippen molar-refractivity contribution < 1.29 is 13.2 Å². The van der Waals surface area contributed by atoms with Crippen LogP contribution in [0.1, 0.15) is 18.4 Å². The van der Waals surface area contributed by atoms with Crippen LogP contribution in [0.25, 0.3) is 0 Å². The van der Waals surface area contributed by atoms with Gasteiger partial charge in [-0.25, -0.2) is 8.42 Å². The molecular weight excluding hydrogens is 324 g/mol. The minimum Gasteiger partial charge on any atom is -0.379 e. The van der Waals surface area contributed by atoms with E-state index in [2.05, 4.69) is 17.5 Å². The van der Waals surface area contributed by atoms with E-state index in [1.54, 1.807) is 12.1 Å². The van der Waals surface area contributed by atoms with Gasteiger partial charge in [0.15, 0.2) is 0 Å². The minimum atomic E-state index is -3.39. The van der Waals surface area contributed by atoms with Gasteiger partial charge >= 0.3 is 0 Å². The number of sulfonamides is 1. The molecule has 1 saturated heterocycles. The van der Waals surface area contributed by atoms with Crippen LogP contribution in [-0.4, -0.2) is 45.1 Å². The third kappa shape index (κ3) is 3.04. The van der Waals surface area contributed by atoms with E-state index >= 15 is 0 Å². The van der Waals surface area contributed by atoms with E-state index in [9.17, 15) is 8.42 Å². The average Bonchev–Trinajstić information content (AvgIpc) is 2.97. The molecule has 0 bridgehead atoms. The Morgan fingerprint density at radius 1 is 1.17 bits per heavy atom. The number of rotatable bonds is 5. The average molecular weight is 348 g/mol. The molecule has 0 amide bonds. The fourth-order valence-corrected chi connectivity index (χ4v) is 5.32. The summed E-state index contributed by atoms with van der Waals surface area (Å²) in [7, 11) is -3.39.